The molecule has 0 aliphatic rings. The number of nitrogens with one attached hydrogen (secondary N) is 1. The SMILES string of the molecule is COc1ccc(NC(C)C(C)CCl)nc1. The summed E-state index contributed by atoms with van der Waals surface area (Å²) >= 11 is 5.78. The molecule has 1 heterocycles. The molecule has 1 N–H and O–H groups in total. The number of hydrogen-bond acceptors (Lipinski definition) is 3. The Morgan fingerprint density at radius 1 is 1.47 bits per heavy atom. The van der Waals surface area contributed by atoms with Crippen molar-refractivity contribution in [1.82, 2.24) is 4.98 Å². The van der Waals surface area contributed by atoms with Gasteiger partial charge < -0.3 is 10.1 Å². The molecule has 1 aromatic rings. The summed E-state index contributed by atoms with van der Waals surface area (Å²) in [6.45, 7) is 4.20. The van der Waals surface area contributed by atoms with Gasteiger partial charge >= 0.3 is 0 Å². The second kappa shape index (κ2) is 5.81. The molecule has 15 heavy (non-hydrogen) atoms. The molecule has 0 fully saturated rings. The lowest BCUT2D eigenvalue weighted by Crippen LogP contribution is -2.25. The fourth-order valence-electron chi connectivity index (χ4n) is 1.10. The molecule has 0 aromatic carbocycles. The van der Waals surface area contributed by atoms with Crippen LogP contribution in [0.3, 0.4) is 0 Å². The first-order chi connectivity index (χ1) is 7.17. The highest BCUT2D eigenvalue weighted by Gasteiger charge is 2.10. The molecule has 0 saturated carbocycles. The summed E-state index contributed by atoms with van der Waals surface area (Å²) in [5.41, 5.74) is 0. The molecule has 0 bridgehead atoms. The van der Waals surface area contributed by atoms with Crippen molar-refractivity contribution in [2.75, 3.05) is 18.3 Å². The van der Waals surface area contributed by atoms with Crippen LogP contribution >= 0.6 is 11.6 Å². The van der Waals surface area contributed by atoms with Gasteiger partial charge in [0.05, 0.1) is 13.3 Å². The molecule has 2 atom stereocenters. The van der Waals surface area contributed by atoms with Crippen LogP contribution in [0.2, 0.25) is 0 Å². The molecule has 84 valence electrons. The van der Waals surface area contributed by atoms with Gasteiger partial charge in [0.2, 0.25) is 0 Å². The minimum atomic E-state index is 0.309. The maximum Gasteiger partial charge on any atom is 0.137 e. The average Bonchev–Trinajstić information content (AvgIpc) is 2.29. The topological polar surface area (TPSA) is 34.1 Å². The summed E-state index contributed by atoms with van der Waals surface area (Å²) in [7, 11) is 1.63. The number of alkyl halides is 1. The molecule has 0 spiro atoms. The summed E-state index contributed by atoms with van der Waals surface area (Å²) < 4.78 is 5.03. The predicted octanol–water partition coefficient (Wildman–Crippen LogP) is 2.77. The Kier molecular flexibility index (Phi) is 4.69. The van der Waals surface area contributed by atoms with Gasteiger partial charge in [0.1, 0.15) is 11.6 Å². The number of aromatic nitrogens is 1. The number of ether oxygens (including phenoxy) is 1. The van der Waals surface area contributed by atoms with E-state index in [0.29, 0.717) is 17.8 Å². The highest BCUT2D eigenvalue weighted by atomic mass is 35.5. The lowest BCUT2D eigenvalue weighted by Gasteiger charge is -2.19. The third-order valence-corrected chi connectivity index (χ3v) is 2.93. The van der Waals surface area contributed by atoms with Gasteiger partial charge in [-0.05, 0) is 25.0 Å². The number of methoxy groups -OCH3 is 1. The van der Waals surface area contributed by atoms with Crippen molar-refractivity contribution in [2.24, 2.45) is 5.92 Å². The molecule has 1 rings (SSSR count). The standard InChI is InChI=1S/C11H17ClN2O/c1-8(6-12)9(2)14-11-5-4-10(15-3)7-13-11/h4-5,7-9H,6H2,1-3H3,(H,13,14). The number of halogens is 1. The van der Waals surface area contributed by atoms with E-state index < -0.39 is 0 Å². The maximum absolute atomic E-state index is 5.78. The highest BCUT2D eigenvalue weighted by Crippen LogP contribution is 2.14. The number of rotatable bonds is 5. The van der Waals surface area contributed by atoms with Gasteiger partial charge in [0, 0.05) is 11.9 Å². The summed E-state index contributed by atoms with van der Waals surface area (Å²) in [6.07, 6.45) is 1.69. The van der Waals surface area contributed by atoms with E-state index in [1.807, 2.05) is 12.1 Å². The summed E-state index contributed by atoms with van der Waals surface area (Å²) in [6, 6.07) is 4.09. The van der Waals surface area contributed by atoms with Crippen LogP contribution < -0.4 is 10.1 Å². The van der Waals surface area contributed by atoms with Gasteiger partial charge in [-0.15, -0.1) is 11.6 Å². The normalized spacial score (nSPS) is 14.4. The Bertz CT molecular complexity index is 289. The molecule has 0 amide bonds. The zero-order valence-electron chi connectivity index (χ0n) is 9.33. The molecule has 1 aromatic heterocycles. The van der Waals surface area contributed by atoms with Crippen LogP contribution in [0, 0.1) is 5.92 Å². The Hall–Kier alpha value is -0.960. The molecule has 3 nitrogen and oxygen atoms in total. The zero-order chi connectivity index (χ0) is 11.3. The average molecular weight is 229 g/mol. The predicted molar refractivity (Wildman–Crippen MR) is 63.8 cm³/mol. The second-order valence-corrected chi connectivity index (χ2v) is 3.96. The lowest BCUT2D eigenvalue weighted by atomic mass is 10.1. The van der Waals surface area contributed by atoms with Crippen molar-refractivity contribution >= 4 is 17.4 Å². The van der Waals surface area contributed by atoms with E-state index in [0.717, 1.165) is 11.6 Å². The van der Waals surface area contributed by atoms with E-state index in [4.69, 9.17) is 16.3 Å². The number of pyridine rings is 1. The van der Waals surface area contributed by atoms with E-state index in [1.54, 1.807) is 13.3 Å². The third kappa shape index (κ3) is 3.59. The molecule has 0 saturated heterocycles. The smallest absolute Gasteiger partial charge is 0.137 e. The van der Waals surface area contributed by atoms with E-state index >= 15 is 0 Å². The molecule has 0 aliphatic heterocycles. The summed E-state index contributed by atoms with van der Waals surface area (Å²) in [5, 5.41) is 3.29. The second-order valence-electron chi connectivity index (χ2n) is 3.65. The van der Waals surface area contributed by atoms with Gasteiger partial charge in [0.25, 0.3) is 0 Å². The maximum atomic E-state index is 5.78. The van der Waals surface area contributed by atoms with Gasteiger partial charge in [-0.1, -0.05) is 6.92 Å². The number of nitrogens with zero attached hydrogens (tertiary/aromatic N) is 1. The molecule has 0 radical (unpaired) electrons. The highest BCUT2D eigenvalue weighted by molar-refractivity contribution is 6.18. The van der Waals surface area contributed by atoms with Crippen molar-refractivity contribution in [3.8, 4) is 5.75 Å². The first kappa shape index (κ1) is 12.1. The Labute approximate surface area is 95.8 Å². The first-order valence-corrected chi connectivity index (χ1v) is 5.53. The summed E-state index contributed by atoms with van der Waals surface area (Å²) in [4.78, 5) is 4.23. The number of anilines is 1. The van der Waals surface area contributed by atoms with Crippen LogP contribution in [0.1, 0.15) is 13.8 Å². The molecule has 4 heteroatoms. The van der Waals surface area contributed by atoms with Crippen LogP contribution in [0.15, 0.2) is 18.3 Å². The fourth-order valence-corrected chi connectivity index (χ4v) is 1.36. The minimum absolute atomic E-state index is 0.309. The minimum Gasteiger partial charge on any atom is -0.495 e. The van der Waals surface area contributed by atoms with Crippen LogP contribution in [0.4, 0.5) is 5.82 Å². The Morgan fingerprint density at radius 3 is 2.67 bits per heavy atom. The van der Waals surface area contributed by atoms with Crippen molar-refractivity contribution in [3.63, 3.8) is 0 Å². The zero-order valence-corrected chi connectivity index (χ0v) is 10.1. The van der Waals surface area contributed by atoms with E-state index in [-0.39, 0.29) is 0 Å². The quantitative estimate of drug-likeness (QED) is 0.787. The van der Waals surface area contributed by atoms with Gasteiger partial charge in [-0.2, -0.15) is 0 Å². The van der Waals surface area contributed by atoms with E-state index in [2.05, 4.69) is 24.1 Å². The van der Waals surface area contributed by atoms with Crippen molar-refractivity contribution < 1.29 is 4.74 Å². The molecular weight excluding hydrogens is 212 g/mol. The van der Waals surface area contributed by atoms with Crippen molar-refractivity contribution in [3.05, 3.63) is 18.3 Å². The Balaban J connectivity index is 2.57. The fraction of sp³-hybridized carbons (Fsp3) is 0.545. The van der Waals surface area contributed by atoms with Gasteiger partial charge in [-0.25, -0.2) is 4.98 Å². The third-order valence-electron chi connectivity index (χ3n) is 2.44. The van der Waals surface area contributed by atoms with Crippen molar-refractivity contribution in [2.45, 2.75) is 19.9 Å². The Morgan fingerprint density at radius 2 is 2.20 bits per heavy atom. The lowest BCUT2D eigenvalue weighted by molar-refractivity contribution is 0.413. The number of hydrogen-bond donors (Lipinski definition) is 1. The van der Waals surface area contributed by atoms with Crippen LogP contribution in [0.5, 0.6) is 5.75 Å². The van der Waals surface area contributed by atoms with E-state index in [9.17, 15) is 0 Å². The van der Waals surface area contributed by atoms with Gasteiger partial charge in [0.15, 0.2) is 0 Å². The van der Waals surface area contributed by atoms with Crippen LogP contribution in [-0.2, 0) is 0 Å². The van der Waals surface area contributed by atoms with Crippen LogP contribution in [0.25, 0.3) is 0 Å². The molecular formula is C11H17ClN2O. The molecule has 2 unspecified atom stereocenters. The first-order valence-electron chi connectivity index (χ1n) is 5.00. The van der Waals surface area contributed by atoms with Crippen molar-refractivity contribution in [1.29, 1.82) is 0 Å². The monoisotopic (exact) mass is 228 g/mol. The van der Waals surface area contributed by atoms with E-state index in [1.165, 1.54) is 0 Å². The van der Waals surface area contributed by atoms with Gasteiger partial charge in [-0.3, -0.25) is 0 Å². The summed E-state index contributed by atoms with van der Waals surface area (Å²) in [5.74, 6) is 2.67. The largest absolute Gasteiger partial charge is 0.495 e. The molecule has 0 aliphatic carbocycles. The van der Waals surface area contributed by atoms with Crippen LogP contribution in [-0.4, -0.2) is 24.0 Å².